The zero-order valence-electron chi connectivity index (χ0n) is 15.4. The van der Waals surface area contributed by atoms with Crippen molar-refractivity contribution < 1.29 is 0 Å². The normalized spacial score (nSPS) is 15.6. The Morgan fingerprint density at radius 3 is 1.88 bits per heavy atom. The lowest BCUT2D eigenvalue weighted by atomic mass is 10.1. The molecule has 1 saturated heterocycles. The summed E-state index contributed by atoms with van der Waals surface area (Å²) in [6.45, 7) is 4.83. The molecule has 1 fully saturated rings. The van der Waals surface area contributed by atoms with Crippen LogP contribution < -0.4 is 0 Å². The molecule has 0 aromatic heterocycles. The number of piperidine rings is 1. The van der Waals surface area contributed by atoms with Crippen LogP contribution in [0.1, 0.15) is 43.2 Å². The van der Waals surface area contributed by atoms with Gasteiger partial charge in [0, 0.05) is 26.2 Å². The van der Waals surface area contributed by atoms with Crippen LogP contribution in [0.25, 0.3) is 0 Å². The number of unbranched alkanes of at least 4 members (excludes halogenated alkanes) is 1. The summed E-state index contributed by atoms with van der Waals surface area (Å²) in [5.74, 6) is 0. The van der Waals surface area contributed by atoms with Gasteiger partial charge in [-0.1, -0.05) is 67.1 Å². The Morgan fingerprint density at radius 1 is 0.640 bits per heavy atom. The van der Waals surface area contributed by atoms with E-state index in [9.17, 15) is 0 Å². The quantitative estimate of drug-likeness (QED) is 0.598. The van der Waals surface area contributed by atoms with Crippen LogP contribution >= 0.6 is 0 Å². The van der Waals surface area contributed by atoms with Crippen molar-refractivity contribution in [3.05, 3.63) is 71.8 Å². The molecule has 1 heterocycles. The fraction of sp³-hybridized carbons (Fsp3) is 0.478. The molecule has 2 nitrogen and oxygen atoms in total. The van der Waals surface area contributed by atoms with Crippen LogP contribution in [0.3, 0.4) is 0 Å². The molecule has 0 bridgehead atoms. The topological polar surface area (TPSA) is 6.48 Å². The number of aryl methyl sites for hydroxylation is 1. The first-order valence-electron chi connectivity index (χ1n) is 9.99. The summed E-state index contributed by atoms with van der Waals surface area (Å²) in [6.07, 6.45) is 9.01. The van der Waals surface area contributed by atoms with E-state index >= 15 is 0 Å². The predicted molar refractivity (Wildman–Crippen MR) is 107 cm³/mol. The van der Waals surface area contributed by atoms with E-state index in [1.54, 1.807) is 0 Å². The van der Waals surface area contributed by atoms with E-state index < -0.39 is 0 Å². The molecule has 0 amide bonds. The van der Waals surface area contributed by atoms with Gasteiger partial charge in [0.1, 0.15) is 0 Å². The minimum atomic E-state index is 1.15. The number of benzene rings is 2. The Kier molecular flexibility index (Phi) is 7.54. The number of hydrogen-bond donors (Lipinski definition) is 0. The summed E-state index contributed by atoms with van der Waals surface area (Å²) in [5, 5.41) is 5.26. The largest absolute Gasteiger partial charge is 0.242 e. The monoisotopic (exact) mass is 336 g/mol. The second kappa shape index (κ2) is 10.4. The molecule has 0 unspecified atom stereocenters. The van der Waals surface area contributed by atoms with Crippen molar-refractivity contribution in [2.45, 2.75) is 44.9 Å². The van der Waals surface area contributed by atoms with Gasteiger partial charge in [0.05, 0.1) is 0 Å². The molecule has 0 radical (unpaired) electrons. The van der Waals surface area contributed by atoms with Gasteiger partial charge in [0.15, 0.2) is 0 Å². The Hall–Kier alpha value is -1.64. The molecule has 134 valence electrons. The van der Waals surface area contributed by atoms with Gasteiger partial charge in [-0.3, -0.25) is 0 Å². The molecule has 2 aromatic rings. The van der Waals surface area contributed by atoms with E-state index in [-0.39, 0.29) is 0 Å². The fourth-order valence-corrected chi connectivity index (χ4v) is 3.73. The smallest absolute Gasteiger partial charge is 0.0173 e. The van der Waals surface area contributed by atoms with Gasteiger partial charge < -0.3 is 0 Å². The molecule has 0 N–H and O–H groups in total. The third-order valence-corrected chi connectivity index (χ3v) is 5.21. The second-order valence-corrected chi connectivity index (χ2v) is 7.15. The van der Waals surface area contributed by atoms with Crippen LogP contribution in [-0.4, -0.2) is 36.2 Å². The molecule has 0 atom stereocenters. The highest BCUT2D eigenvalue weighted by atomic mass is 15.6. The summed E-state index contributed by atoms with van der Waals surface area (Å²) in [6, 6.07) is 21.8. The van der Waals surface area contributed by atoms with E-state index in [2.05, 4.69) is 70.7 Å². The lowest BCUT2D eigenvalue weighted by molar-refractivity contribution is -0.0396. The zero-order chi connectivity index (χ0) is 17.2. The van der Waals surface area contributed by atoms with E-state index in [0.717, 1.165) is 13.0 Å². The molecule has 0 aliphatic carbocycles. The maximum absolute atomic E-state index is 2.64. The van der Waals surface area contributed by atoms with Gasteiger partial charge in [-0.15, -0.1) is 0 Å². The van der Waals surface area contributed by atoms with E-state index in [4.69, 9.17) is 0 Å². The van der Waals surface area contributed by atoms with Crippen LogP contribution in [0, 0.1) is 0 Å². The minimum Gasteiger partial charge on any atom is -0.242 e. The molecule has 3 rings (SSSR count). The fourth-order valence-electron chi connectivity index (χ4n) is 3.73. The molecule has 25 heavy (non-hydrogen) atoms. The van der Waals surface area contributed by atoms with Crippen LogP contribution in [0.4, 0.5) is 0 Å². The summed E-state index contributed by atoms with van der Waals surface area (Å²) in [7, 11) is 0. The summed E-state index contributed by atoms with van der Waals surface area (Å²) in [4.78, 5) is 0. The highest BCUT2D eigenvalue weighted by Gasteiger charge is 2.17. The van der Waals surface area contributed by atoms with Gasteiger partial charge in [-0.05, 0) is 49.7 Å². The maximum Gasteiger partial charge on any atom is 0.0173 e. The zero-order valence-corrected chi connectivity index (χ0v) is 15.4. The van der Waals surface area contributed by atoms with Gasteiger partial charge in [0.2, 0.25) is 0 Å². The molecular formula is C23H32N2. The standard InChI is InChI=1S/C23H32N2/c1-4-12-22(13-5-1)16-8-11-20-25(24-18-9-3-10-19-24)21-17-23-14-6-2-7-15-23/h1-2,4-7,12-15H,3,8-11,16-21H2. The van der Waals surface area contributed by atoms with Crippen molar-refractivity contribution >= 4 is 0 Å². The first-order valence-corrected chi connectivity index (χ1v) is 9.99. The first kappa shape index (κ1) is 18.2. The van der Waals surface area contributed by atoms with Crippen molar-refractivity contribution in [3.63, 3.8) is 0 Å². The lowest BCUT2D eigenvalue weighted by Gasteiger charge is -2.37. The summed E-state index contributed by atoms with van der Waals surface area (Å²) < 4.78 is 0. The van der Waals surface area contributed by atoms with Gasteiger partial charge >= 0.3 is 0 Å². The molecule has 1 aliphatic heterocycles. The Morgan fingerprint density at radius 2 is 1.24 bits per heavy atom. The number of hydrazine groups is 1. The van der Waals surface area contributed by atoms with E-state index in [1.165, 1.54) is 69.3 Å². The number of hydrogen-bond acceptors (Lipinski definition) is 2. The van der Waals surface area contributed by atoms with Crippen LogP contribution in [0.5, 0.6) is 0 Å². The van der Waals surface area contributed by atoms with Crippen molar-refractivity contribution in [1.29, 1.82) is 0 Å². The Bertz CT molecular complexity index is 576. The van der Waals surface area contributed by atoms with Crippen LogP contribution in [0.15, 0.2) is 60.7 Å². The molecule has 0 saturated carbocycles. The molecule has 1 aliphatic rings. The number of rotatable bonds is 9. The van der Waals surface area contributed by atoms with Crippen molar-refractivity contribution in [3.8, 4) is 0 Å². The van der Waals surface area contributed by atoms with Gasteiger partial charge in [0.25, 0.3) is 0 Å². The summed E-state index contributed by atoms with van der Waals surface area (Å²) >= 11 is 0. The van der Waals surface area contributed by atoms with Crippen molar-refractivity contribution in [1.82, 2.24) is 10.0 Å². The lowest BCUT2D eigenvalue weighted by Crippen LogP contribution is -2.46. The van der Waals surface area contributed by atoms with Crippen LogP contribution in [-0.2, 0) is 12.8 Å². The average Bonchev–Trinajstić information content (AvgIpc) is 2.70. The van der Waals surface area contributed by atoms with Crippen molar-refractivity contribution in [2.75, 3.05) is 26.2 Å². The van der Waals surface area contributed by atoms with E-state index in [1.807, 2.05) is 0 Å². The van der Waals surface area contributed by atoms with Crippen LogP contribution in [0.2, 0.25) is 0 Å². The third-order valence-electron chi connectivity index (χ3n) is 5.21. The second-order valence-electron chi connectivity index (χ2n) is 7.15. The van der Waals surface area contributed by atoms with E-state index in [0.29, 0.717) is 0 Å². The maximum atomic E-state index is 2.64. The molecular weight excluding hydrogens is 304 g/mol. The highest BCUT2D eigenvalue weighted by molar-refractivity contribution is 5.15. The first-order chi connectivity index (χ1) is 12.4. The minimum absolute atomic E-state index is 1.15. The number of nitrogens with zero attached hydrogens (tertiary/aromatic N) is 2. The Balaban J connectivity index is 1.47. The van der Waals surface area contributed by atoms with Gasteiger partial charge in [-0.2, -0.15) is 0 Å². The SMILES string of the molecule is c1ccc(CCCCN(CCc2ccccc2)N2CCCCC2)cc1. The Labute approximate surface area is 153 Å². The van der Waals surface area contributed by atoms with Gasteiger partial charge in [-0.25, -0.2) is 10.0 Å². The molecule has 2 heteroatoms. The summed E-state index contributed by atoms with van der Waals surface area (Å²) in [5.41, 5.74) is 2.92. The average molecular weight is 337 g/mol. The van der Waals surface area contributed by atoms with Crippen molar-refractivity contribution in [2.24, 2.45) is 0 Å². The molecule has 2 aromatic carbocycles. The predicted octanol–water partition coefficient (Wildman–Crippen LogP) is 4.95. The third kappa shape index (κ3) is 6.30. The highest BCUT2D eigenvalue weighted by Crippen LogP contribution is 2.14. The molecule has 0 spiro atoms.